The van der Waals surface area contributed by atoms with Gasteiger partial charge in [-0.25, -0.2) is 0 Å². The van der Waals surface area contributed by atoms with E-state index in [0.717, 1.165) is 0 Å². The van der Waals surface area contributed by atoms with Gasteiger partial charge in [-0.1, -0.05) is 6.07 Å². The normalized spacial score (nSPS) is 26.1. The molecule has 0 radical (unpaired) electrons. The van der Waals surface area contributed by atoms with Gasteiger partial charge >= 0.3 is 11.9 Å². The number of rotatable bonds is 7. The Balaban J connectivity index is 2.67. The van der Waals surface area contributed by atoms with E-state index in [-0.39, 0.29) is 18.1 Å². The highest BCUT2D eigenvalue weighted by Crippen LogP contribution is 2.48. The first-order chi connectivity index (χ1) is 14.4. The van der Waals surface area contributed by atoms with Gasteiger partial charge in [0.05, 0.1) is 30.3 Å². The van der Waals surface area contributed by atoms with Crippen LogP contribution in [-0.4, -0.2) is 52.4 Å². The fourth-order valence-electron chi connectivity index (χ4n) is 4.04. The van der Waals surface area contributed by atoms with Crippen LogP contribution in [0.25, 0.3) is 0 Å². The average molecular weight is 437 g/mol. The number of aliphatic hydroxyl groups is 1. The zero-order chi connectivity index (χ0) is 23.5. The molecule has 0 saturated heterocycles. The highest BCUT2D eigenvalue weighted by atomic mass is 16.5. The molecule has 0 unspecified atom stereocenters. The average Bonchev–Trinajstić information content (AvgIpc) is 2.60. The molecule has 8 nitrogen and oxygen atoms in total. The van der Waals surface area contributed by atoms with Gasteiger partial charge in [0.2, 0.25) is 0 Å². The van der Waals surface area contributed by atoms with Crippen LogP contribution < -0.4 is 4.74 Å². The number of hydrogen-bond acceptors (Lipinski definition) is 8. The summed E-state index contributed by atoms with van der Waals surface area (Å²) in [4.78, 5) is 39.0. The number of aromatic hydroxyl groups is 1. The Kier molecular flexibility index (Phi) is 7.70. The Labute approximate surface area is 182 Å². The first-order valence-corrected chi connectivity index (χ1v) is 10.5. The number of carbonyl (C=O) groups excluding carboxylic acids is 3. The largest absolute Gasteiger partial charge is 0.504 e. The minimum atomic E-state index is -1.74. The van der Waals surface area contributed by atoms with Crippen molar-refractivity contribution in [2.75, 3.05) is 6.61 Å². The van der Waals surface area contributed by atoms with Crippen LogP contribution in [0.15, 0.2) is 18.2 Å². The summed E-state index contributed by atoms with van der Waals surface area (Å²) in [6, 6.07) is 4.34. The molecule has 0 amide bonds. The third-order valence-electron chi connectivity index (χ3n) is 5.15. The van der Waals surface area contributed by atoms with Crippen molar-refractivity contribution in [3.05, 3.63) is 23.8 Å². The number of carbonyl (C=O) groups is 3. The number of phenolic OH excluding ortho intramolecular Hbond substituents is 1. The minimum Gasteiger partial charge on any atom is -0.504 e. The van der Waals surface area contributed by atoms with E-state index in [0.29, 0.717) is 5.56 Å². The fourth-order valence-corrected chi connectivity index (χ4v) is 4.04. The number of benzene rings is 1. The van der Waals surface area contributed by atoms with E-state index in [2.05, 4.69) is 0 Å². The Bertz CT molecular complexity index is 819. The summed E-state index contributed by atoms with van der Waals surface area (Å²) in [6.45, 7) is 10.1. The van der Waals surface area contributed by atoms with E-state index in [1.165, 1.54) is 25.1 Å². The Morgan fingerprint density at radius 1 is 1.13 bits per heavy atom. The van der Waals surface area contributed by atoms with Gasteiger partial charge in [-0.3, -0.25) is 14.4 Å². The van der Waals surface area contributed by atoms with Crippen LogP contribution in [0.4, 0.5) is 0 Å². The lowest BCUT2D eigenvalue weighted by Gasteiger charge is -2.44. The predicted octanol–water partition coefficient (Wildman–Crippen LogP) is 2.73. The Morgan fingerprint density at radius 3 is 2.26 bits per heavy atom. The molecule has 0 bridgehead atoms. The number of ketones is 1. The summed E-state index contributed by atoms with van der Waals surface area (Å²) in [7, 11) is 0. The number of ether oxygens (including phenoxy) is 3. The monoisotopic (exact) mass is 436 g/mol. The Hall–Kier alpha value is -2.61. The molecule has 1 fully saturated rings. The van der Waals surface area contributed by atoms with Crippen LogP contribution in [0.3, 0.4) is 0 Å². The van der Waals surface area contributed by atoms with Gasteiger partial charge in [-0.05, 0) is 59.2 Å². The molecule has 0 aromatic heterocycles. The quantitative estimate of drug-likeness (QED) is 0.495. The zero-order valence-electron chi connectivity index (χ0n) is 18.9. The van der Waals surface area contributed by atoms with E-state index >= 15 is 0 Å². The van der Waals surface area contributed by atoms with E-state index in [4.69, 9.17) is 14.2 Å². The summed E-state index contributed by atoms with van der Waals surface area (Å²) < 4.78 is 16.1. The van der Waals surface area contributed by atoms with E-state index in [9.17, 15) is 24.6 Å². The van der Waals surface area contributed by atoms with Crippen LogP contribution in [-0.2, 0) is 23.9 Å². The van der Waals surface area contributed by atoms with Crippen molar-refractivity contribution < 1.29 is 38.8 Å². The molecule has 0 heterocycles. The molecule has 1 aliphatic carbocycles. The molecule has 0 aliphatic heterocycles. The molecule has 172 valence electrons. The standard InChI is InChI=1S/C23H32O8/c1-7-29-17-10-14(8-9-15(17)24)18-19(21(26)30-12(2)3)16(25)11-23(6,28)20(18)22(27)31-13(4)5/h8-10,12-13,18-20,24,28H,7,11H2,1-6H3/t18-,19+,20-,23+/m0/s1. The molecule has 4 atom stereocenters. The van der Waals surface area contributed by atoms with Gasteiger partial charge in [0.15, 0.2) is 17.3 Å². The van der Waals surface area contributed by atoms with Crippen LogP contribution in [0.5, 0.6) is 11.5 Å². The highest BCUT2D eigenvalue weighted by molar-refractivity contribution is 6.02. The molecule has 2 rings (SSSR count). The number of esters is 2. The molecular weight excluding hydrogens is 404 g/mol. The third-order valence-corrected chi connectivity index (χ3v) is 5.15. The second-order valence-corrected chi connectivity index (χ2v) is 8.61. The smallest absolute Gasteiger partial charge is 0.317 e. The summed E-state index contributed by atoms with van der Waals surface area (Å²) in [6.07, 6.45) is -1.32. The van der Waals surface area contributed by atoms with E-state index in [1.54, 1.807) is 34.6 Å². The van der Waals surface area contributed by atoms with Crippen LogP contribution in [0.2, 0.25) is 0 Å². The first kappa shape index (κ1) is 24.7. The van der Waals surface area contributed by atoms with Crippen molar-refractivity contribution in [2.24, 2.45) is 11.8 Å². The van der Waals surface area contributed by atoms with Gasteiger partial charge in [0.1, 0.15) is 5.92 Å². The first-order valence-electron chi connectivity index (χ1n) is 10.5. The molecule has 31 heavy (non-hydrogen) atoms. The molecule has 1 aromatic rings. The maximum atomic E-state index is 13.1. The van der Waals surface area contributed by atoms with Crippen molar-refractivity contribution in [1.29, 1.82) is 0 Å². The Morgan fingerprint density at radius 2 is 1.71 bits per heavy atom. The van der Waals surface area contributed by atoms with Gasteiger partial charge in [0, 0.05) is 12.3 Å². The zero-order valence-corrected chi connectivity index (χ0v) is 18.9. The second-order valence-electron chi connectivity index (χ2n) is 8.61. The van der Waals surface area contributed by atoms with Crippen molar-refractivity contribution in [1.82, 2.24) is 0 Å². The third kappa shape index (κ3) is 5.55. The topological polar surface area (TPSA) is 119 Å². The number of hydrogen-bond donors (Lipinski definition) is 2. The molecular formula is C23H32O8. The lowest BCUT2D eigenvalue weighted by Crippen LogP contribution is -2.55. The maximum absolute atomic E-state index is 13.1. The van der Waals surface area contributed by atoms with Gasteiger partial charge in [-0.15, -0.1) is 0 Å². The van der Waals surface area contributed by atoms with Gasteiger partial charge < -0.3 is 24.4 Å². The van der Waals surface area contributed by atoms with Crippen LogP contribution >= 0.6 is 0 Å². The molecule has 1 aliphatic rings. The summed E-state index contributed by atoms with van der Waals surface area (Å²) in [5.74, 6) is -5.58. The van der Waals surface area contributed by atoms with Gasteiger partial charge in [0.25, 0.3) is 0 Å². The molecule has 1 aromatic carbocycles. The minimum absolute atomic E-state index is 0.123. The summed E-state index contributed by atoms with van der Waals surface area (Å²) in [5, 5.41) is 21.2. The lowest BCUT2D eigenvalue weighted by molar-refractivity contribution is -0.176. The van der Waals surface area contributed by atoms with Crippen molar-refractivity contribution in [3.63, 3.8) is 0 Å². The van der Waals surface area contributed by atoms with E-state index in [1.807, 2.05) is 0 Å². The SMILES string of the molecule is CCOc1cc([C@H]2[C@H](C(=O)OC(C)C)C(=O)C[C@@](C)(O)[C@@H]2C(=O)OC(C)C)ccc1O. The molecule has 1 saturated carbocycles. The summed E-state index contributed by atoms with van der Waals surface area (Å²) in [5.41, 5.74) is -1.36. The van der Waals surface area contributed by atoms with Crippen LogP contribution in [0, 0.1) is 11.8 Å². The lowest BCUT2D eigenvalue weighted by atomic mass is 9.61. The second kappa shape index (κ2) is 9.68. The maximum Gasteiger partial charge on any atom is 0.317 e. The molecule has 2 N–H and O–H groups in total. The van der Waals surface area contributed by atoms with Gasteiger partial charge in [-0.2, -0.15) is 0 Å². The van der Waals surface area contributed by atoms with Crippen molar-refractivity contribution in [3.8, 4) is 11.5 Å². The van der Waals surface area contributed by atoms with Crippen molar-refractivity contribution in [2.45, 2.75) is 71.7 Å². The predicted molar refractivity (Wildman–Crippen MR) is 112 cm³/mol. The number of phenols is 1. The van der Waals surface area contributed by atoms with Crippen LogP contribution in [0.1, 0.15) is 59.4 Å². The fraction of sp³-hybridized carbons (Fsp3) is 0.609. The van der Waals surface area contributed by atoms with E-state index < -0.39 is 59.7 Å². The summed E-state index contributed by atoms with van der Waals surface area (Å²) >= 11 is 0. The highest BCUT2D eigenvalue weighted by Gasteiger charge is 2.57. The van der Waals surface area contributed by atoms with Crippen molar-refractivity contribution >= 4 is 17.7 Å². The molecule has 8 heteroatoms. The molecule has 0 spiro atoms. The number of Topliss-reactive ketones (excluding diaryl/α,β-unsaturated/α-hetero) is 1.